The number of aliphatic hydroxyl groups excluding tert-OH is 1. The molecule has 0 unspecified atom stereocenters. The van der Waals surface area contributed by atoms with Gasteiger partial charge in [-0.05, 0) is 27.6 Å². The Morgan fingerprint density at radius 3 is 1.89 bits per heavy atom. The van der Waals surface area contributed by atoms with Gasteiger partial charge in [-0.15, -0.1) is 0 Å². The Labute approximate surface area is 113 Å². The van der Waals surface area contributed by atoms with Gasteiger partial charge in [0.05, 0.1) is 6.61 Å². The molecule has 0 amide bonds. The lowest BCUT2D eigenvalue weighted by molar-refractivity contribution is 0.282. The zero-order valence-electron chi connectivity index (χ0n) is 12.6. The summed E-state index contributed by atoms with van der Waals surface area (Å²) in [6.07, 6.45) is 1.14. The second-order valence-electron chi connectivity index (χ2n) is 6.91. The molecule has 18 heavy (non-hydrogen) atoms. The highest BCUT2D eigenvalue weighted by atomic mass is 31.1. The number of hydrogen-bond acceptors (Lipinski definition) is 1. The second-order valence-corrected chi connectivity index (χ2v) is 10.8. The van der Waals surface area contributed by atoms with E-state index in [9.17, 15) is 5.11 Å². The van der Waals surface area contributed by atoms with E-state index < -0.39 is 0 Å². The lowest BCUT2D eigenvalue weighted by Crippen LogP contribution is -2.25. The average Bonchev–Trinajstić information content (AvgIpc) is 2.23. The molecule has 0 aliphatic heterocycles. The molecule has 102 valence electrons. The lowest BCUT2D eigenvalue weighted by Gasteiger charge is -2.41. The molecule has 0 saturated heterocycles. The molecule has 1 rings (SSSR count). The first kappa shape index (κ1) is 15.7. The van der Waals surface area contributed by atoms with Crippen LogP contribution in [0.2, 0.25) is 0 Å². The Bertz CT molecular complexity index is 371. The molecule has 1 nitrogen and oxygen atoms in total. The normalized spacial score (nSPS) is 13.1. The fraction of sp³-hybridized carbons (Fsp3) is 0.625. The summed E-state index contributed by atoms with van der Waals surface area (Å²) in [6.45, 7) is 14.2. The van der Waals surface area contributed by atoms with Gasteiger partial charge in [-0.25, -0.2) is 0 Å². The van der Waals surface area contributed by atoms with Gasteiger partial charge in [0.1, 0.15) is 0 Å². The summed E-state index contributed by atoms with van der Waals surface area (Å²) in [7, 11) is -0.118. The Balaban J connectivity index is 2.97. The largest absolute Gasteiger partial charge is 0.392 e. The molecule has 0 aliphatic rings. The summed E-state index contributed by atoms with van der Waals surface area (Å²) in [6, 6.07) is 8.37. The first-order chi connectivity index (χ1) is 8.14. The van der Waals surface area contributed by atoms with E-state index in [0.717, 1.165) is 11.7 Å². The van der Waals surface area contributed by atoms with Gasteiger partial charge in [-0.1, -0.05) is 73.7 Å². The van der Waals surface area contributed by atoms with Gasteiger partial charge in [0.25, 0.3) is 0 Å². The van der Waals surface area contributed by atoms with Crippen molar-refractivity contribution in [1.82, 2.24) is 0 Å². The molecule has 0 atom stereocenters. The van der Waals surface area contributed by atoms with Gasteiger partial charge in [0.15, 0.2) is 0 Å². The van der Waals surface area contributed by atoms with Gasteiger partial charge < -0.3 is 5.11 Å². The van der Waals surface area contributed by atoms with Gasteiger partial charge >= 0.3 is 0 Å². The van der Waals surface area contributed by atoms with E-state index in [4.69, 9.17) is 0 Å². The summed E-state index contributed by atoms with van der Waals surface area (Å²) < 4.78 is 0. The van der Waals surface area contributed by atoms with Crippen molar-refractivity contribution in [1.29, 1.82) is 0 Å². The van der Waals surface area contributed by atoms with Crippen molar-refractivity contribution in [2.24, 2.45) is 0 Å². The summed E-state index contributed by atoms with van der Waals surface area (Å²) in [5, 5.41) is 9.92. The van der Waals surface area contributed by atoms with E-state index in [1.165, 1.54) is 5.56 Å². The maximum Gasteiger partial charge on any atom is 0.0681 e. The molecule has 0 aliphatic carbocycles. The Morgan fingerprint density at radius 1 is 0.944 bits per heavy atom. The molecule has 2 heteroatoms. The highest BCUT2D eigenvalue weighted by Gasteiger charge is 2.33. The fourth-order valence-corrected chi connectivity index (χ4v) is 6.01. The summed E-state index contributed by atoms with van der Waals surface area (Å²) >= 11 is 0. The quantitative estimate of drug-likeness (QED) is 0.782. The minimum absolute atomic E-state index is 0.118. The van der Waals surface area contributed by atoms with Crippen molar-refractivity contribution >= 4 is 7.92 Å². The van der Waals surface area contributed by atoms with E-state index in [1.807, 2.05) is 6.07 Å². The monoisotopic (exact) mass is 266 g/mol. The van der Waals surface area contributed by atoms with Gasteiger partial charge in [0, 0.05) is 0 Å². The van der Waals surface area contributed by atoms with E-state index in [1.54, 1.807) is 0 Å². The topological polar surface area (TPSA) is 20.2 Å². The fourth-order valence-electron chi connectivity index (χ4n) is 2.49. The van der Waals surface area contributed by atoms with Crippen LogP contribution in [0.3, 0.4) is 0 Å². The third kappa shape index (κ3) is 4.37. The highest BCUT2D eigenvalue weighted by Crippen LogP contribution is 2.61. The Hall–Kier alpha value is -0.390. The molecule has 0 heterocycles. The Morgan fingerprint density at radius 2 is 1.44 bits per heavy atom. The van der Waals surface area contributed by atoms with Crippen LogP contribution in [-0.4, -0.2) is 15.4 Å². The standard InChI is InChI=1S/C16H27OP/c1-15(2,3)18(16(4,5)6)12-14-9-7-8-13(10-14)11-17/h7-10,17H,11-12H2,1-6H3. The maximum absolute atomic E-state index is 9.22. The smallest absolute Gasteiger partial charge is 0.0681 e. The first-order valence-corrected chi connectivity index (χ1v) is 8.14. The first-order valence-electron chi connectivity index (χ1n) is 6.61. The lowest BCUT2D eigenvalue weighted by atomic mass is 10.1. The number of rotatable bonds is 3. The molecule has 0 saturated carbocycles. The average molecular weight is 266 g/mol. The number of aliphatic hydroxyl groups is 1. The van der Waals surface area contributed by atoms with Crippen LogP contribution in [0.4, 0.5) is 0 Å². The van der Waals surface area contributed by atoms with Crippen LogP contribution in [0.1, 0.15) is 52.7 Å². The van der Waals surface area contributed by atoms with Crippen molar-refractivity contribution in [2.75, 3.05) is 0 Å². The van der Waals surface area contributed by atoms with Crippen LogP contribution >= 0.6 is 7.92 Å². The Kier molecular flexibility index (Phi) is 4.98. The van der Waals surface area contributed by atoms with Gasteiger partial charge in [0.2, 0.25) is 0 Å². The number of benzene rings is 1. The number of hydrogen-bond donors (Lipinski definition) is 1. The van der Waals surface area contributed by atoms with Crippen LogP contribution in [-0.2, 0) is 12.8 Å². The zero-order valence-corrected chi connectivity index (χ0v) is 13.5. The summed E-state index contributed by atoms with van der Waals surface area (Å²) in [4.78, 5) is 0. The van der Waals surface area contributed by atoms with Crippen molar-refractivity contribution in [2.45, 2.75) is 64.6 Å². The van der Waals surface area contributed by atoms with E-state index in [2.05, 4.69) is 59.7 Å². The molecule has 1 aromatic carbocycles. The molecule has 0 spiro atoms. The van der Waals surface area contributed by atoms with Crippen molar-refractivity contribution in [3.05, 3.63) is 35.4 Å². The molecule has 0 radical (unpaired) electrons. The van der Waals surface area contributed by atoms with Crippen molar-refractivity contribution in [3.8, 4) is 0 Å². The molecule has 1 N–H and O–H groups in total. The third-order valence-corrected chi connectivity index (χ3v) is 7.05. The van der Waals surface area contributed by atoms with E-state index in [-0.39, 0.29) is 14.5 Å². The molecule has 0 aromatic heterocycles. The van der Waals surface area contributed by atoms with Gasteiger partial charge in [-0.2, -0.15) is 0 Å². The van der Waals surface area contributed by atoms with Crippen LogP contribution in [0.25, 0.3) is 0 Å². The SMILES string of the molecule is CC(C)(C)P(Cc1cccc(CO)c1)C(C)(C)C. The zero-order chi connectivity index (χ0) is 14.0. The van der Waals surface area contributed by atoms with Crippen LogP contribution in [0, 0.1) is 0 Å². The highest BCUT2D eigenvalue weighted by molar-refractivity contribution is 7.60. The predicted octanol–water partition coefficient (Wildman–Crippen LogP) is 4.76. The molecule has 0 bridgehead atoms. The minimum Gasteiger partial charge on any atom is -0.392 e. The van der Waals surface area contributed by atoms with Crippen molar-refractivity contribution < 1.29 is 5.11 Å². The maximum atomic E-state index is 9.22. The van der Waals surface area contributed by atoms with Gasteiger partial charge in [-0.3, -0.25) is 0 Å². The summed E-state index contributed by atoms with van der Waals surface area (Å²) in [5.74, 6) is 0. The minimum atomic E-state index is -0.118. The molecule has 0 fully saturated rings. The predicted molar refractivity (Wildman–Crippen MR) is 82.5 cm³/mol. The second kappa shape index (κ2) is 5.72. The van der Waals surface area contributed by atoms with Crippen LogP contribution < -0.4 is 0 Å². The van der Waals surface area contributed by atoms with Crippen LogP contribution in [0.5, 0.6) is 0 Å². The molecular formula is C16H27OP. The molecule has 1 aromatic rings. The molecular weight excluding hydrogens is 239 g/mol. The third-order valence-electron chi connectivity index (χ3n) is 3.13. The van der Waals surface area contributed by atoms with Crippen LogP contribution in [0.15, 0.2) is 24.3 Å². The van der Waals surface area contributed by atoms with Crippen molar-refractivity contribution in [3.63, 3.8) is 0 Å². The van der Waals surface area contributed by atoms with E-state index >= 15 is 0 Å². The van der Waals surface area contributed by atoms with E-state index in [0.29, 0.717) is 10.3 Å². The summed E-state index contributed by atoms with van der Waals surface area (Å²) in [5.41, 5.74) is 2.38.